The number of benzene rings is 1. The molecule has 0 aromatic heterocycles. The molecule has 1 aromatic rings. The van der Waals surface area contributed by atoms with Gasteiger partial charge >= 0.3 is 0 Å². The highest BCUT2D eigenvalue weighted by Crippen LogP contribution is 2.49. The zero-order valence-electron chi connectivity index (χ0n) is 14.1. The average Bonchev–Trinajstić information content (AvgIpc) is 2.97. The number of hydrogen-bond acceptors (Lipinski definition) is 4. The molecule has 1 saturated carbocycles. The minimum atomic E-state index is 0. The highest BCUT2D eigenvalue weighted by Gasteiger charge is 2.52. The average molecular weight is 375 g/mol. The topological polar surface area (TPSA) is 33.7 Å². The molecular weight excluding hydrogens is 347 g/mol. The van der Waals surface area contributed by atoms with Crippen molar-refractivity contribution in [2.45, 2.75) is 18.9 Å². The summed E-state index contributed by atoms with van der Waals surface area (Å²) in [5, 5.41) is 3.48. The van der Waals surface area contributed by atoms with Crippen molar-refractivity contribution in [3.8, 4) is 11.5 Å². The fraction of sp³-hybridized carbons (Fsp3) is 0.667. The molecule has 1 aromatic carbocycles. The van der Waals surface area contributed by atoms with Gasteiger partial charge in [-0.1, -0.05) is 0 Å². The molecule has 6 heteroatoms. The molecule has 2 aliphatic heterocycles. The van der Waals surface area contributed by atoms with Gasteiger partial charge in [0.15, 0.2) is 0 Å². The molecule has 0 bridgehead atoms. The van der Waals surface area contributed by atoms with Crippen molar-refractivity contribution in [2.24, 2.45) is 17.8 Å². The van der Waals surface area contributed by atoms with Gasteiger partial charge in [-0.15, -0.1) is 24.8 Å². The monoisotopic (exact) mass is 374 g/mol. The van der Waals surface area contributed by atoms with Gasteiger partial charge in [0.25, 0.3) is 0 Å². The SMILES string of the molecule is COc1ccc(OC2CCN(CC3[C@H]4CNC[C@@H]34)CC2)cc1.Cl.Cl. The predicted molar refractivity (Wildman–Crippen MR) is 101 cm³/mol. The second-order valence-corrected chi connectivity index (χ2v) is 6.94. The van der Waals surface area contributed by atoms with Gasteiger partial charge in [0.1, 0.15) is 17.6 Å². The van der Waals surface area contributed by atoms with Crippen molar-refractivity contribution in [1.29, 1.82) is 0 Å². The van der Waals surface area contributed by atoms with Crippen LogP contribution in [0.15, 0.2) is 24.3 Å². The van der Waals surface area contributed by atoms with Gasteiger partial charge in [-0.3, -0.25) is 0 Å². The predicted octanol–water partition coefficient (Wildman–Crippen LogP) is 2.85. The first kappa shape index (κ1) is 19.6. The van der Waals surface area contributed by atoms with Crippen LogP contribution in [0.2, 0.25) is 0 Å². The summed E-state index contributed by atoms with van der Waals surface area (Å²) >= 11 is 0. The zero-order chi connectivity index (χ0) is 14.9. The number of nitrogens with zero attached hydrogens (tertiary/aromatic N) is 1. The first-order valence-corrected chi connectivity index (χ1v) is 8.57. The van der Waals surface area contributed by atoms with E-state index >= 15 is 0 Å². The summed E-state index contributed by atoms with van der Waals surface area (Å²) in [5.41, 5.74) is 0. The maximum absolute atomic E-state index is 6.11. The van der Waals surface area contributed by atoms with Crippen LogP contribution < -0.4 is 14.8 Å². The Hall–Kier alpha value is -0.680. The Morgan fingerprint density at radius 2 is 1.58 bits per heavy atom. The van der Waals surface area contributed by atoms with Crippen LogP contribution in [0.1, 0.15) is 12.8 Å². The molecule has 4 nitrogen and oxygen atoms in total. The molecule has 0 radical (unpaired) electrons. The summed E-state index contributed by atoms with van der Waals surface area (Å²) in [6, 6.07) is 7.93. The largest absolute Gasteiger partial charge is 0.497 e. The molecule has 2 heterocycles. The summed E-state index contributed by atoms with van der Waals surface area (Å²) in [5.74, 6) is 4.77. The second-order valence-electron chi connectivity index (χ2n) is 6.94. The maximum Gasteiger partial charge on any atom is 0.119 e. The minimum Gasteiger partial charge on any atom is -0.497 e. The Kier molecular flexibility index (Phi) is 7.05. The van der Waals surface area contributed by atoms with E-state index in [1.807, 2.05) is 24.3 Å². The van der Waals surface area contributed by atoms with Crippen LogP contribution in [-0.2, 0) is 0 Å². The fourth-order valence-electron chi connectivity index (χ4n) is 4.17. The lowest BCUT2D eigenvalue weighted by molar-refractivity contribution is 0.0959. The molecule has 3 atom stereocenters. The van der Waals surface area contributed by atoms with Crippen molar-refractivity contribution in [3.05, 3.63) is 24.3 Å². The summed E-state index contributed by atoms with van der Waals surface area (Å²) in [7, 11) is 1.69. The molecule has 1 unspecified atom stereocenters. The lowest BCUT2D eigenvalue weighted by Crippen LogP contribution is -2.40. The molecule has 136 valence electrons. The zero-order valence-corrected chi connectivity index (χ0v) is 15.8. The molecule has 4 rings (SSSR count). The molecule has 2 saturated heterocycles. The lowest BCUT2D eigenvalue weighted by Gasteiger charge is -2.32. The van der Waals surface area contributed by atoms with Crippen LogP contribution in [0.3, 0.4) is 0 Å². The van der Waals surface area contributed by atoms with E-state index in [0.29, 0.717) is 6.10 Å². The fourth-order valence-corrected chi connectivity index (χ4v) is 4.17. The van der Waals surface area contributed by atoms with Crippen molar-refractivity contribution in [1.82, 2.24) is 10.2 Å². The van der Waals surface area contributed by atoms with E-state index in [4.69, 9.17) is 9.47 Å². The van der Waals surface area contributed by atoms with Crippen molar-refractivity contribution in [2.75, 3.05) is 39.8 Å². The standard InChI is InChI=1S/C18H26N2O2.2ClH/c1-21-13-2-4-14(5-3-13)22-15-6-8-20(9-7-15)12-18-16-10-19-11-17(16)18;;/h2-5,15-19H,6-12H2,1H3;2*1H/t16-,17+,18?;;. The van der Waals surface area contributed by atoms with Crippen LogP contribution in [0.4, 0.5) is 0 Å². The van der Waals surface area contributed by atoms with Gasteiger partial charge in [-0.25, -0.2) is 0 Å². The molecule has 1 aliphatic carbocycles. The molecule has 24 heavy (non-hydrogen) atoms. The first-order chi connectivity index (χ1) is 10.8. The van der Waals surface area contributed by atoms with E-state index in [0.717, 1.165) is 42.1 Å². The van der Waals surface area contributed by atoms with Gasteiger partial charge in [0.2, 0.25) is 0 Å². The Labute approximate surface area is 157 Å². The van der Waals surface area contributed by atoms with Crippen LogP contribution in [0.25, 0.3) is 0 Å². The van der Waals surface area contributed by atoms with Gasteiger partial charge in [-0.05, 0) is 68.0 Å². The van der Waals surface area contributed by atoms with Crippen molar-refractivity contribution < 1.29 is 9.47 Å². The third-order valence-electron chi connectivity index (χ3n) is 5.63. The Balaban J connectivity index is 0.00000104. The maximum atomic E-state index is 6.11. The molecule has 0 spiro atoms. The molecule has 1 N–H and O–H groups in total. The highest BCUT2D eigenvalue weighted by atomic mass is 35.5. The third kappa shape index (κ3) is 4.29. The number of methoxy groups -OCH3 is 1. The van der Waals surface area contributed by atoms with Gasteiger partial charge in [-0.2, -0.15) is 0 Å². The van der Waals surface area contributed by atoms with Crippen LogP contribution in [0.5, 0.6) is 11.5 Å². The number of halogens is 2. The Bertz CT molecular complexity index is 496. The third-order valence-corrected chi connectivity index (χ3v) is 5.63. The Morgan fingerprint density at radius 3 is 2.17 bits per heavy atom. The quantitative estimate of drug-likeness (QED) is 0.858. The first-order valence-electron chi connectivity index (χ1n) is 8.57. The number of likely N-dealkylation sites (tertiary alicyclic amines) is 1. The van der Waals surface area contributed by atoms with Crippen molar-refractivity contribution in [3.63, 3.8) is 0 Å². The molecule has 3 fully saturated rings. The lowest BCUT2D eigenvalue weighted by atomic mass is 10.1. The van der Waals surface area contributed by atoms with Crippen LogP contribution in [0, 0.1) is 17.8 Å². The Morgan fingerprint density at radius 1 is 1.00 bits per heavy atom. The molecular formula is C18H28Cl2N2O2. The molecule has 3 aliphatic rings. The van der Waals surface area contributed by atoms with E-state index in [-0.39, 0.29) is 24.8 Å². The highest BCUT2D eigenvalue weighted by molar-refractivity contribution is 5.85. The van der Waals surface area contributed by atoms with E-state index in [2.05, 4.69) is 10.2 Å². The van der Waals surface area contributed by atoms with E-state index in [9.17, 15) is 0 Å². The number of rotatable bonds is 5. The van der Waals surface area contributed by atoms with E-state index < -0.39 is 0 Å². The van der Waals surface area contributed by atoms with E-state index in [1.165, 1.54) is 32.7 Å². The summed E-state index contributed by atoms with van der Waals surface area (Å²) in [6.45, 7) is 6.19. The molecule has 0 amide bonds. The van der Waals surface area contributed by atoms with Gasteiger partial charge in [0, 0.05) is 19.6 Å². The number of ether oxygens (including phenoxy) is 2. The smallest absolute Gasteiger partial charge is 0.119 e. The minimum absolute atomic E-state index is 0. The summed E-state index contributed by atoms with van der Waals surface area (Å²) in [6.07, 6.45) is 2.66. The summed E-state index contributed by atoms with van der Waals surface area (Å²) < 4.78 is 11.3. The summed E-state index contributed by atoms with van der Waals surface area (Å²) in [4.78, 5) is 2.65. The number of hydrogen-bond donors (Lipinski definition) is 1. The van der Waals surface area contributed by atoms with Crippen LogP contribution in [-0.4, -0.2) is 50.8 Å². The number of fused-ring (bicyclic) bond motifs is 1. The normalized spacial score (nSPS) is 29.1. The van der Waals surface area contributed by atoms with Crippen LogP contribution >= 0.6 is 24.8 Å². The number of nitrogens with one attached hydrogen (secondary N) is 1. The van der Waals surface area contributed by atoms with Gasteiger partial charge < -0.3 is 19.7 Å². The van der Waals surface area contributed by atoms with Gasteiger partial charge in [0.05, 0.1) is 7.11 Å². The number of piperidine rings is 2. The van der Waals surface area contributed by atoms with Crippen molar-refractivity contribution >= 4 is 24.8 Å². The second kappa shape index (κ2) is 8.61. The van der Waals surface area contributed by atoms with E-state index in [1.54, 1.807) is 7.11 Å².